The molecule has 5 rings (SSSR count). The Balaban J connectivity index is 1.39. The van der Waals surface area contributed by atoms with Crippen LogP contribution in [0.3, 0.4) is 0 Å². The van der Waals surface area contributed by atoms with E-state index in [1.165, 1.54) is 12.8 Å². The first-order valence-electron chi connectivity index (χ1n) is 10.6. The number of amides is 1. The molecule has 0 bridgehead atoms. The molecule has 8 nitrogen and oxygen atoms in total. The van der Waals surface area contributed by atoms with Crippen LogP contribution in [-0.4, -0.2) is 48.8 Å². The van der Waals surface area contributed by atoms with E-state index < -0.39 is 0 Å². The minimum atomic E-state index is -0.258. The highest BCUT2D eigenvalue weighted by molar-refractivity contribution is 5.76. The zero-order valence-corrected chi connectivity index (χ0v) is 17.2. The predicted molar refractivity (Wildman–Crippen MR) is 109 cm³/mol. The van der Waals surface area contributed by atoms with Gasteiger partial charge in [0.1, 0.15) is 12.2 Å². The van der Waals surface area contributed by atoms with Gasteiger partial charge in [0.05, 0.1) is 11.1 Å². The Kier molecular flexibility index (Phi) is 4.84. The average molecular weight is 406 g/mol. The summed E-state index contributed by atoms with van der Waals surface area (Å²) in [5, 5.41) is 8.73. The molecular formula is C22H26N6O2. The van der Waals surface area contributed by atoms with Crippen LogP contribution in [-0.2, 0) is 16.8 Å². The number of aryl methyl sites for hydroxylation is 1. The number of pyridine rings is 1. The minimum absolute atomic E-state index is 0.0893. The fraction of sp³-hybridized carbons (Fsp3) is 0.500. The lowest BCUT2D eigenvalue weighted by Crippen LogP contribution is -2.50. The summed E-state index contributed by atoms with van der Waals surface area (Å²) in [6.07, 6.45) is 8.96. The van der Waals surface area contributed by atoms with Crippen LogP contribution >= 0.6 is 0 Å². The number of piperidine rings is 1. The number of nitrogens with zero attached hydrogens (tertiary/aromatic N) is 6. The molecule has 0 spiro atoms. The highest BCUT2D eigenvalue weighted by Crippen LogP contribution is 2.45. The van der Waals surface area contributed by atoms with Crippen molar-refractivity contribution >= 4 is 5.91 Å². The van der Waals surface area contributed by atoms with Gasteiger partial charge in [0.25, 0.3) is 5.89 Å². The molecule has 3 aromatic heterocycles. The van der Waals surface area contributed by atoms with Crippen LogP contribution in [0.15, 0.2) is 41.2 Å². The van der Waals surface area contributed by atoms with E-state index in [1.807, 2.05) is 42.3 Å². The number of likely N-dealkylation sites (tertiary alicyclic amines) is 1. The van der Waals surface area contributed by atoms with Gasteiger partial charge < -0.3 is 9.42 Å². The second-order valence-electron chi connectivity index (χ2n) is 8.64. The van der Waals surface area contributed by atoms with Gasteiger partial charge in [0.2, 0.25) is 5.91 Å². The van der Waals surface area contributed by atoms with Crippen LogP contribution < -0.4 is 0 Å². The number of aromatic nitrogens is 5. The van der Waals surface area contributed by atoms with E-state index in [-0.39, 0.29) is 17.9 Å². The molecule has 156 valence electrons. The van der Waals surface area contributed by atoms with Crippen molar-refractivity contribution in [1.82, 2.24) is 29.8 Å². The van der Waals surface area contributed by atoms with Crippen molar-refractivity contribution in [3.8, 4) is 11.6 Å². The van der Waals surface area contributed by atoms with Gasteiger partial charge in [-0.3, -0.25) is 14.5 Å². The largest absolute Gasteiger partial charge is 0.340 e. The van der Waals surface area contributed by atoms with E-state index in [0.29, 0.717) is 29.9 Å². The Hall–Kier alpha value is -3.03. The first-order chi connectivity index (χ1) is 14.6. The number of hydrogen-bond acceptors (Lipinski definition) is 6. The number of carbonyl (C=O) groups excluding carboxylic acids is 1. The molecule has 2 fully saturated rings. The zero-order chi connectivity index (χ0) is 20.6. The topological polar surface area (TPSA) is 89.9 Å². The van der Waals surface area contributed by atoms with E-state index in [4.69, 9.17) is 9.51 Å². The molecule has 1 aliphatic carbocycles. The maximum absolute atomic E-state index is 13.0. The third kappa shape index (κ3) is 3.86. The molecule has 3 aromatic rings. The van der Waals surface area contributed by atoms with E-state index in [0.717, 1.165) is 31.5 Å². The maximum Gasteiger partial charge on any atom is 0.276 e. The summed E-state index contributed by atoms with van der Waals surface area (Å²) in [7, 11) is 0. The minimum Gasteiger partial charge on any atom is -0.340 e. The summed E-state index contributed by atoms with van der Waals surface area (Å²) in [6, 6.07) is 7.55. The standard InChI is InChI=1S/C22H26N6O2/c1-16-8-12-28(25-16)14-19(29)27-11-4-9-22(15-27,13-17-6-7-17)21-24-20(30-26-21)18-5-2-3-10-23-18/h2-3,5,8,10,12,17H,4,6-7,9,11,13-15H2,1H3. The van der Waals surface area contributed by atoms with Crippen molar-refractivity contribution in [1.29, 1.82) is 0 Å². The normalized spacial score (nSPS) is 21.7. The fourth-order valence-electron chi connectivity index (χ4n) is 4.48. The van der Waals surface area contributed by atoms with Gasteiger partial charge in [-0.1, -0.05) is 24.1 Å². The maximum atomic E-state index is 13.0. The van der Waals surface area contributed by atoms with Gasteiger partial charge in [-0.05, 0) is 50.3 Å². The van der Waals surface area contributed by atoms with Crippen molar-refractivity contribution in [3.63, 3.8) is 0 Å². The zero-order valence-electron chi connectivity index (χ0n) is 17.2. The van der Waals surface area contributed by atoms with Crippen LogP contribution in [0.2, 0.25) is 0 Å². The first-order valence-corrected chi connectivity index (χ1v) is 10.6. The summed E-state index contributed by atoms with van der Waals surface area (Å²) < 4.78 is 7.29. The van der Waals surface area contributed by atoms with Gasteiger partial charge in [-0.2, -0.15) is 10.1 Å². The van der Waals surface area contributed by atoms with E-state index >= 15 is 0 Å². The lowest BCUT2D eigenvalue weighted by Gasteiger charge is -2.41. The quantitative estimate of drug-likeness (QED) is 0.625. The molecule has 1 saturated carbocycles. The second kappa shape index (κ2) is 7.66. The van der Waals surface area contributed by atoms with Gasteiger partial charge in [-0.25, -0.2) is 0 Å². The molecule has 1 atom stereocenters. The lowest BCUT2D eigenvalue weighted by atomic mass is 9.75. The molecule has 8 heteroatoms. The molecule has 2 aliphatic rings. The number of hydrogen-bond donors (Lipinski definition) is 0. The Morgan fingerprint density at radius 3 is 2.93 bits per heavy atom. The molecule has 0 radical (unpaired) electrons. The summed E-state index contributed by atoms with van der Waals surface area (Å²) in [5.41, 5.74) is 1.33. The van der Waals surface area contributed by atoms with Crippen LogP contribution in [0.25, 0.3) is 11.6 Å². The van der Waals surface area contributed by atoms with Crippen molar-refractivity contribution in [2.75, 3.05) is 13.1 Å². The van der Waals surface area contributed by atoms with E-state index in [2.05, 4.69) is 15.2 Å². The van der Waals surface area contributed by atoms with E-state index in [1.54, 1.807) is 10.9 Å². The SMILES string of the molecule is Cc1ccn(CC(=O)N2CCCC(CC3CC3)(c3noc(-c4ccccn4)n3)C2)n1. The highest BCUT2D eigenvalue weighted by atomic mass is 16.5. The number of carbonyl (C=O) groups is 1. The van der Waals surface area contributed by atoms with Crippen LogP contribution in [0, 0.1) is 12.8 Å². The predicted octanol–water partition coefficient (Wildman–Crippen LogP) is 3.00. The third-order valence-electron chi connectivity index (χ3n) is 6.16. The lowest BCUT2D eigenvalue weighted by molar-refractivity contribution is -0.134. The van der Waals surface area contributed by atoms with Crippen LogP contribution in [0.4, 0.5) is 0 Å². The Morgan fingerprint density at radius 2 is 2.20 bits per heavy atom. The van der Waals surface area contributed by atoms with Crippen molar-refractivity contribution < 1.29 is 9.32 Å². The summed E-state index contributed by atoms with van der Waals surface area (Å²) in [5.74, 6) is 1.93. The smallest absolute Gasteiger partial charge is 0.276 e. The van der Waals surface area contributed by atoms with Crippen LogP contribution in [0.5, 0.6) is 0 Å². The first kappa shape index (κ1) is 19.0. The molecular weight excluding hydrogens is 380 g/mol. The Labute approximate surface area is 175 Å². The molecule has 1 aliphatic heterocycles. The molecule has 0 N–H and O–H groups in total. The molecule has 1 saturated heterocycles. The molecule has 0 aromatic carbocycles. The molecule has 1 amide bonds. The van der Waals surface area contributed by atoms with Crippen molar-refractivity contribution in [3.05, 3.63) is 48.2 Å². The molecule has 30 heavy (non-hydrogen) atoms. The molecule has 4 heterocycles. The monoisotopic (exact) mass is 406 g/mol. The van der Waals surface area contributed by atoms with Gasteiger partial charge in [0.15, 0.2) is 5.82 Å². The van der Waals surface area contributed by atoms with Crippen LogP contribution in [0.1, 0.15) is 43.6 Å². The van der Waals surface area contributed by atoms with Gasteiger partial charge >= 0.3 is 0 Å². The van der Waals surface area contributed by atoms with Gasteiger partial charge in [0, 0.05) is 25.5 Å². The molecule has 1 unspecified atom stereocenters. The third-order valence-corrected chi connectivity index (χ3v) is 6.16. The second-order valence-corrected chi connectivity index (χ2v) is 8.64. The van der Waals surface area contributed by atoms with E-state index in [9.17, 15) is 4.79 Å². The van der Waals surface area contributed by atoms with Gasteiger partial charge in [-0.15, -0.1) is 0 Å². The summed E-state index contributed by atoms with van der Waals surface area (Å²) in [6.45, 7) is 3.58. The Morgan fingerprint density at radius 1 is 1.30 bits per heavy atom. The van der Waals surface area contributed by atoms with Crippen molar-refractivity contribution in [2.45, 2.75) is 51.0 Å². The summed E-state index contributed by atoms with van der Waals surface area (Å²) in [4.78, 5) is 24.0. The summed E-state index contributed by atoms with van der Waals surface area (Å²) >= 11 is 0. The van der Waals surface area contributed by atoms with Crippen molar-refractivity contribution in [2.24, 2.45) is 5.92 Å². The highest BCUT2D eigenvalue weighted by Gasteiger charge is 2.45. The Bertz CT molecular complexity index is 1030. The average Bonchev–Trinajstić information content (AvgIpc) is 3.25. The fourth-order valence-corrected chi connectivity index (χ4v) is 4.48. The number of rotatable bonds is 6.